The van der Waals surface area contributed by atoms with Crippen molar-refractivity contribution in [3.63, 3.8) is 0 Å². The van der Waals surface area contributed by atoms with Crippen LogP contribution in [0, 0.1) is 0 Å². The van der Waals surface area contributed by atoms with Gasteiger partial charge in [0.25, 0.3) is 0 Å². The second-order valence-electron chi connectivity index (χ2n) is 4.45. The van der Waals surface area contributed by atoms with Crippen molar-refractivity contribution in [3.05, 3.63) is 66.5 Å². The van der Waals surface area contributed by atoms with E-state index in [0.717, 1.165) is 27.9 Å². The molecule has 20 heavy (non-hydrogen) atoms. The molecule has 0 radical (unpaired) electrons. The van der Waals surface area contributed by atoms with E-state index in [-0.39, 0.29) is 0 Å². The summed E-state index contributed by atoms with van der Waals surface area (Å²) in [4.78, 5) is 4.26. The maximum absolute atomic E-state index is 5.87. The number of hydrogen-bond acceptors (Lipinski definition) is 4. The number of nitrogens with one attached hydrogen (secondary N) is 1. The van der Waals surface area contributed by atoms with Gasteiger partial charge in [0.15, 0.2) is 0 Å². The number of nitrogens with two attached hydrogens (primary N) is 1. The van der Waals surface area contributed by atoms with E-state index in [9.17, 15) is 0 Å². The van der Waals surface area contributed by atoms with Gasteiger partial charge in [-0.05, 0) is 23.6 Å². The zero-order chi connectivity index (χ0) is 13.8. The molecule has 0 amide bonds. The van der Waals surface area contributed by atoms with Crippen LogP contribution >= 0.6 is 0 Å². The van der Waals surface area contributed by atoms with Crippen LogP contribution in [-0.2, 0) is 6.61 Å². The van der Waals surface area contributed by atoms with Gasteiger partial charge in [0.05, 0.1) is 11.4 Å². The van der Waals surface area contributed by atoms with Gasteiger partial charge in [0, 0.05) is 11.6 Å². The highest BCUT2D eigenvalue weighted by atomic mass is 16.5. The molecule has 0 saturated heterocycles. The summed E-state index contributed by atoms with van der Waals surface area (Å²) in [5, 5.41) is 2.26. The van der Waals surface area contributed by atoms with E-state index in [1.54, 1.807) is 12.3 Å². The summed E-state index contributed by atoms with van der Waals surface area (Å²) in [5.41, 5.74) is 4.24. The number of nitrogens with zero attached hydrogens (tertiary/aromatic N) is 1. The number of benzene rings is 2. The first kappa shape index (κ1) is 12.4. The smallest absolute Gasteiger partial charge is 0.130 e. The highest BCUT2D eigenvalue weighted by Crippen LogP contribution is 2.25. The summed E-state index contributed by atoms with van der Waals surface area (Å²) >= 11 is 0. The fourth-order valence-electron chi connectivity index (χ4n) is 2.12. The second kappa shape index (κ2) is 5.59. The third kappa shape index (κ3) is 2.55. The van der Waals surface area contributed by atoms with Gasteiger partial charge >= 0.3 is 0 Å². The number of rotatable bonds is 4. The molecule has 4 nitrogen and oxygen atoms in total. The molecule has 0 saturated carbocycles. The van der Waals surface area contributed by atoms with Gasteiger partial charge < -0.3 is 10.2 Å². The Morgan fingerprint density at radius 3 is 2.80 bits per heavy atom. The molecule has 3 rings (SSSR count). The molecule has 0 bridgehead atoms. The topological polar surface area (TPSA) is 60.2 Å². The number of hydrazine groups is 1. The van der Waals surface area contributed by atoms with E-state index in [0.29, 0.717) is 6.61 Å². The van der Waals surface area contributed by atoms with E-state index in [1.807, 2.05) is 30.3 Å². The molecule has 0 unspecified atom stereocenters. The zero-order valence-electron chi connectivity index (χ0n) is 10.9. The molecule has 100 valence electrons. The highest BCUT2D eigenvalue weighted by molar-refractivity contribution is 5.88. The molecule has 1 aromatic heterocycles. The fraction of sp³-hybridized carbons (Fsp3) is 0.0625. The van der Waals surface area contributed by atoms with Crippen molar-refractivity contribution in [2.45, 2.75) is 6.61 Å². The van der Waals surface area contributed by atoms with E-state index in [1.165, 1.54) is 0 Å². The minimum Gasteiger partial charge on any atom is -0.487 e. The van der Waals surface area contributed by atoms with Crippen LogP contribution in [0.3, 0.4) is 0 Å². The van der Waals surface area contributed by atoms with Gasteiger partial charge in [0.1, 0.15) is 12.4 Å². The Kier molecular flexibility index (Phi) is 3.48. The Hall–Kier alpha value is -2.59. The van der Waals surface area contributed by atoms with Crippen molar-refractivity contribution >= 4 is 16.5 Å². The third-order valence-corrected chi connectivity index (χ3v) is 3.11. The lowest BCUT2D eigenvalue weighted by Crippen LogP contribution is -2.08. The molecule has 2 aromatic carbocycles. The molecule has 0 aliphatic carbocycles. The van der Waals surface area contributed by atoms with Crippen LogP contribution in [0.2, 0.25) is 0 Å². The normalized spacial score (nSPS) is 10.4. The lowest BCUT2D eigenvalue weighted by atomic mass is 10.1. The number of ether oxygens (including phenoxy) is 1. The van der Waals surface area contributed by atoms with Crippen LogP contribution in [0.25, 0.3) is 10.8 Å². The van der Waals surface area contributed by atoms with Crippen LogP contribution in [-0.4, -0.2) is 4.98 Å². The third-order valence-electron chi connectivity index (χ3n) is 3.11. The van der Waals surface area contributed by atoms with Gasteiger partial charge in [-0.25, -0.2) is 0 Å². The quantitative estimate of drug-likeness (QED) is 0.562. The van der Waals surface area contributed by atoms with Gasteiger partial charge in [-0.1, -0.05) is 36.4 Å². The average Bonchev–Trinajstić information content (AvgIpc) is 2.53. The van der Waals surface area contributed by atoms with E-state index >= 15 is 0 Å². The predicted molar refractivity (Wildman–Crippen MR) is 80.3 cm³/mol. The summed E-state index contributed by atoms with van der Waals surface area (Å²) < 4.78 is 5.87. The first-order valence-corrected chi connectivity index (χ1v) is 6.39. The van der Waals surface area contributed by atoms with Gasteiger partial charge in [-0.2, -0.15) is 0 Å². The number of aromatic nitrogens is 1. The fourth-order valence-corrected chi connectivity index (χ4v) is 2.12. The van der Waals surface area contributed by atoms with Gasteiger partial charge in [0.2, 0.25) is 0 Å². The maximum Gasteiger partial charge on any atom is 0.130 e. The van der Waals surface area contributed by atoms with Crippen LogP contribution in [0.5, 0.6) is 5.75 Å². The molecule has 0 spiro atoms. The summed E-state index contributed by atoms with van der Waals surface area (Å²) in [6.07, 6.45) is 1.71. The van der Waals surface area contributed by atoms with Gasteiger partial charge in [-0.15, -0.1) is 0 Å². The molecule has 0 aliphatic rings. The van der Waals surface area contributed by atoms with Crippen LogP contribution < -0.4 is 16.0 Å². The Balaban J connectivity index is 1.83. The molecule has 0 fully saturated rings. The summed E-state index contributed by atoms with van der Waals surface area (Å²) in [6, 6.07) is 17.8. The Morgan fingerprint density at radius 2 is 1.90 bits per heavy atom. The molecule has 4 heteroatoms. The SMILES string of the molecule is NNc1ccnc(COc2cccc3ccccc23)c1. The number of hydrogen-bond donors (Lipinski definition) is 2. The van der Waals surface area contributed by atoms with Crippen molar-refractivity contribution in [3.8, 4) is 5.75 Å². The number of pyridine rings is 1. The van der Waals surface area contributed by atoms with E-state index in [4.69, 9.17) is 10.6 Å². The maximum atomic E-state index is 5.87. The number of anilines is 1. The van der Waals surface area contributed by atoms with Crippen molar-refractivity contribution in [2.24, 2.45) is 5.84 Å². The second-order valence-corrected chi connectivity index (χ2v) is 4.45. The lowest BCUT2D eigenvalue weighted by molar-refractivity contribution is 0.305. The molecule has 3 aromatic rings. The number of nitrogen functional groups attached to an aromatic ring is 1. The standard InChI is InChI=1S/C16H15N3O/c17-19-13-8-9-18-14(10-13)11-20-16-7-3-5-12-4-1-2-6-15(12)16/h1-10H,11,17H2,(H,18,19). The van der Waals surface area contributed by atoms with E-state index in [2.05, 4.69) is 28.6 Å². The van der Waals surface area contributed by atoms with Crippen molar-refractivity contribution in [1.29, 1.82) is 0 Å². The molecule has 0 aliphatic heterocycles. The van der Waals surface area contributed by atoms with Gasteiger partial charge in [-0.3, -0.25) is 10.8 Å². The predicted octanol–water partition coefficient (Wildman–Crippen LogP) is 3.10. The molecule has 3 N–H and O–H groups in total. The minimum atomic E-state index is 0.406. The zero-order valence-corrected chi connectivity index (χ0v) is 10.9. The Bertz CT molecular complexity index is 722. The Morgan fingerprint density at radius 1 is 1.05 bits per heavy atom. The minimum absolute atomic E-state index is 0.406. The van der Waals surface area contributed by atoms with Crippen LogP contribution in [0.15, 0.2) is 60.8 Å². The first-order valence-electron chi connectivity index (χ1n) is 6.39. The van der Waals surface area contributed by atoms with Crippen molar-refractivity contribution < 1.29 is 4.74 Å². The lowest BCUT2D eigenvalue weighted by Gasteiger charge is -2.09. The average molecular weight is 265 g/mol. The molecule has 1 heterocycles. The summed E-state index contributed by atoms with van der Waals surface area (Å²) in [6.45, 7) is 0.406. The highest BCUT2D eigenvalue weighted by Gasteiger charge is 2.03. The van der Waals surface area contributed by atoms with Crippen molar-refractivity contribution in [1.82, 2.24) is 4.98 Å². The van der Waals surface area contributed by atoms with Crippen LogP contribution in [0.4, 0.5) is 5.69 Å². The monoisotopic (exact) mass is 265 g/mol. The Labute approximate surface area is 117 Å². The van der Waals surface area contributed by atoms with Crippen LogP contribution in [0.1, 0.15) is 5.69 Å². The van der Waals surface area contributed by atoms with Crippen molar-refractivity contribution in [2.75, 3.05) is 5.43 Å². The number of fused-ring (bicyclic) bond motifs is 1. The first-order chi connectivity index (χ1) is 9.86. The summed E-state index contributed by atoms with van der Waals surface area (Å²) in [5.74, 6) is 6.24. The molecular weight excluding hydrogens is 250 g/mol. The molecular formula is C16H15N3O. The van der Waals surface area contributed by atoms with E-state index < -0.39 is 0 Å². The molecule has 0 atom stereocenters. The largest absolute Gasteiger partial charge is 0.487 e. The summed E-state index contributed by atoms with van der Waals surface area (Å²) in [7, 11) is 0.